The van der Waals surface area contributed by atoms with E-state index < -0.39 is 0 Å². The standard InChI is InChI=1S/C21H27N5O2/c1-3-4-17-13-22-21(23-14-17)26-11-9-25(10-12-26)15-20(28)24-19-7-5-18(6-8-19)16(2)27/h5-8,13-14H,3-4,9-12,15H2,1-2H3,(H,24,28). The molecule has 2 aromatic rings. The Morgan fingerprint density at radius 2 is 1.68 bits per heavy atom. The van der Waals surface area contributed by atoms with Gasteiger partial charge in [-0.25, -0.2) is 9.97 Å². The Hall–Kier alpha value is -2.80. The molecule has 0 bridgehead atoms. The van der Waals surface area contributed by atoms with Crippen LogP contribution in [0.3, 0.4) is 0 Å². The zero-order chi connectivity index (χ0) is 19.9. The third-order valence-electron chi connectivity index (χ3n) is 4.83. The number of ketones is 1. The van der Waals surface area contributed by atoms with E-state index in [1.165, 1.54) is 6.92 Å². The smallest absolute Gasteiger partial charge is 0.238 e. The van der Waals surface area contributed by atoms with Crippen LogP contribution in [0.4, 0.5) is 11.6 Å². The molecule has 1 aliphatic rings. The number of piperazine rings is 1. The number of aromatic nitrogens is 2. The summed E-state index contributed by atoms with van der Waals surface area (Å²) in [7, 11) is 0. The second-order valence-corrected chi connectivity index (χ2v) is 7.09. The van der Waals surface area contributed by atoms with Crippen LogP contribution in [0, 0.1) is 0 Å². The molecule has 0 saturated carbocycles. The molecule has 7 nitrogen and oxygen atoms in total. The lowest BCUT2D eigenvalue weighted by atomic mass is 10.1. The highest BCUT2D eigenvalue weighted by Gasteiger charge is 2.20. The lowest BCUT2D eigenvalue weighted by molar-refractivity contribution is -0.117. The van der Waals surface area contributed by atoms with Crippen LogP contribution in [-0.2, 0) is 11.2 Å². The van der Waals surface area contributed by atoms with Crippen molar-refractivity contribution < 1.29 is 9.59 Å². The van der Waals surface area contributed by atoms with Crippen LogP contribution in [0.15, 0.2) is 36.7 Å². The first-order chi connectivity index (χ1) is 13.5. The molecule has 0 unspecified atom stereocenters. The minimum absolute atomic E-state index is 0.0136. The maximum Gasteiger partial charge on any atom is 0.238 e. The zero-order valence-electron chi connectivity index (χ0n) is 16.5. The molecule has 0 atom stereocenters. The molecule has 2 heterocycles. The van der Waals surface area contributed by atoms with E-state index in [2.05, 4.69) is 32.0 Å². The zero-order valence-corrected chi connectivity index (χ0v) is 16.5. The number of nitrogens with zero attached hydrogens (tertiary/aromatic N) is 4. The number of hydrogen-bond acceptors (Lipinski definition) is 6. The molecule has 7 heteroatoms. The van der Waals surface area contributed by atoms with E-state index >= 15 is 0 Å². The number of amides is 1. The van der Waals surface area contributed by atoms with Crippen LogP contribution in [0.1, 0.15) is 36.2 Å². The first-order valence-electron chi connectivity index (χ1n) is 9.74. The fraction of sp³-hybridized carbons (Fsp3) is 0.429. The van der Waals surface area contributed by atoms with Crippen molar-refractivity contribution in [3.05, 3.63) is 47.8 Å². The van der Waals surface area contributed by atoms with Gasteiger partial charge in [-0.3, -0.25) is 14.5 Å². The van der Waals surface area contributed by atoms with Crippen LogP contribution >= 0.6 is 0 Å². The van der Waals surface area contributed by atoms with Crippen LogP contribution < -0.4 is 10.2 Å². The molecular formula is C21H27N5O2. The van der Waals surface area contributed by atoms with E-state index in [1.54, 1.807) is 24.3 Å². The van der Waals surface area contributed by atoms with Gasteiger partial charge in [-0.1, -0.05) is 13.3 Å². The van der Waals surface area contributed by atoms with E-state index in [4.69, 9.17) is 0 Å². The maximum atomic E-state index is 12.3. The Kier molecular flexibility index (Phi) is 6.71. The summed E-state index contributed by atoms with van der Waals surface area (Å²) in [5.74, 6) is 0.721. The number of rotatable bonds is 7. The molecule has 0 aliphatic carbocycles. The molecule has 1 aliphatic heterocycles. The van der Waals surface area contributed by atoms with Gasteiger partial charge in [0.05, 0.1) is 6.54 Å². The van der Waals surface area contributed by atoms with Gasteiger partial charge in [-0.2, -0.15) is 0 Å². The van der Waals surface area contributed by atoms with Gasteiger partial charge in [0.1, 0.15) is 0 Å². The summed E-state index contributed by atoms with van der Waals surface area (Å²) in [5.41, 5.74) is 2.51. The topological polar surface area (TPSA) is 78.4 Å². The highest BCUT2D eigenvalue weighted by atomic mass is 16.2. The van der Waals surface area contributed by atoms with Gasteiger partial charge < -0.3 is 10.2 Å². The molecule has 28 heavy (non-hydrogen) atoms. The highest BCUT2D eigenvalue weighted by Crippen LogP contribution is 2.13. The monoisotopic (exact) mass is 381 g/mol. The predicted octanol–water partition coefficient (Wildman–Crippen LogP) is 2.39. The van der Waals surface area contributed by atoms with Crippen molar-refractivity contribution in [1.29, 1.82) is 0 Å². The Morgan fingerprint density at radius 3 is 2.25 bits per heavy atom. The third kappa shape index (κ3) is 5.36. The number of anilines is 2. The van der Waals surface area contributed by atoms with Gasteiger partial charge in [-0.15, -0.1) is 0 Å². The second kappa shape index (κ2) is 9.41. The van der Waals surface area contributed by atoms with Crippen molar-refractivity contribution in [2.45, 2.75) is 26.7 Å². The van der Waals surface area contributed by atoms with Crippen molar-refractivity contribution in [1.82, 2.24) is 14.9 Å². The van der Waals surface area contributed by atoms with Gasteiger partial charge in [0.25, 0.3) is 0 Å². The fourth-order valence-corrected chi connectivity index (χ4v) is 3.23. The van der Waals surface area contributed by atoms with Gasteiger partial charge in [-0.05, 0) is 43.2 Å². The first-order valence-corrected chi connectivity index (χ1v) is 9.74. The van der Waals surface area contributed by atoms with Crippen molar-refractivity contribution >= 4 is 23.3 Å². The lowest BCUT2D eigenvalue weighted by Gasteiger charge is -2.34. The van der Waals surface area contributed by atoms with Crippen molar-refractivity contribution in [2.75, 3.05) is 42.9 Å². The number of Topliss-reactive ketones (excluding diaryl/α,β-unsaturated/α-hetero) is 1. The number of hydrogen-bond donors (Lipinski definition) is 1. The van der Waals surface area contributed by atoms with Crippen LogP contribution in [0.25, 0.3) is 0 Å². The van der Waals surface area contributed by atoms with E-state index in [1.807, 2.05) is 12.4 Å². The van der Waals surface area contributed by atoms with Crippen molar-refractivity contribution in [3.8, 4) is 0 Å². The lowest BCUT2D eigenvalue weighted by Crippen LogP contribution is -2.49. The number of carbonyl (C=O) groups is 2. The molecule has 1 amide bonds. The highest BCUT2D eigenvalue weighted by molar-refractivity contribution is 5.96. The van der Waals surface area contributed by atoms with Gasteiger partial charge >= 0.3 is 0 Å². The van der Waals surface area contributed by atoms with E-state index in [-0.39, 0.29) is 11.7 Å². The second-order valence-electron chi connectivity index (χ2n) is 7.09. The first kappa shape index (κ1) is 19.9. The SMILES string of the molecule is CCCc1cnc(N2CCN(CC(=O)Nc3ccc(C(C)=O)cc3)CC2)nc1. The molecule has 3 rings (SSSR count). The molecule has 1 N–H and O–H groups in total. The predicted molar refractivity (Wildman–Crippen MR) is 110 cm³/mol. The van der Waals surface area contributed by atoms with Gasteiger partial charge in [0.15, 0.2) is 5.78 Å². The normalized spacial score (nSPS) is 14.7. The molecule has 0 radical (unpaired) electrons. The summed E-state index contributed by atoms with van der Waals surface area (Å²) in [6.07, 6.45) is 5.90. The summed E-state index contributed by atoms with van der Waals surface area (Å²) in [6.45, 7) is 7.19. The number of benzene rings is 1. The average molecular weight is 381 g/mol. The summed E-state index contributed by atoms with van der Waals surface area (Å²) in [5, 5.41) is 2.89. The van der Waals surface area contributed by atoms with Crippen molar-refractivity contribution in [2.24, 2.45) is 0 Å². The summed E-state index contributed by atoms with van der Waals surface area (Å²) >= 11 is 0. The maximum absolute atomic E-state index is 12.3. The number of carbonyl (C=O) groups excluding carboxylic acids is 2. The summed E-state index contributed by atoms with van der Waals surface area (Å²) in [4.78, 5) is 36.8. The van der Waals surface area contributed by atoms with E-state index in [0.717, 1.165) is 50.5 Å². The molecule has 1 aromatic heterocycles. The molecule has 1 fully saturated rings. The van der Waals surface area contributed by atoms with Crippen LogP contribution in [-0.4, -0.2) is 59.3 Å². The van der Waals surface area contributed by atoms with Gasteiger partial charge in [0, 0.05) is 49.8 Å². The average Bonchev–Trinajstić information content (AvgIpc) is 2.70. The Labute approximate surface area is 165 Å². The summed E-state index contributed by atoms with van der Waals surface area (Å²) in [6, 6.07) is 6.96. The molecule has 1 aromatic carbocycles. The Morgan fingerprint density at radius 1 is 1.04 bits per heavy atom. The fourth-order valence-electron chi connectivity index (χ4n) is 3.23. The minimum Gasteiger partial charge on any atom is -0.338 e. The molecule has 0 spiro atoms. The molecular weight excluding hydrogens is 354 g/mol. The number of aryl methyl sites for hydroxylation is 1. The summed E-state index contributed by atoms with van der Waals surface area (Å²) < 4.78 is 0. The Balaban J connectivity index is 1.45. The van der Waals surface area contributed by atoms with Crippen molar-refractivity contribution in [3.63, 3.8) is 0 Å². The van der Waals surface area contributed by atoms with E-state index in [9.17, 15) is 9.59 Å². The molecule has 148 valence electrons. The third-order valence-corrected chi connectivity index (χ3v) is 4.83. The van der Waals surface area contributed by atoms with Crippen LogP contribution in [0.2, 0.25) is 0 Å². The molecule has 1 saturated heterocycles. The van der Waals surface area contributed by atoms with Gasteiger partial charge in [0.2, 0.25) is 11.9 Å². The largest absolute Gasteiger partial charge is 0.338 e. The Bertz CT molecular complexity index is 797. The van der Waals surface area contributed by atoms with E-state index in [0.29, 0.717) is 17.8 Å². The number of nitrogens with one attached hydrogen (secondary N) is 1. The quantitative estimate of drug-likeness (QED) is 0.742. The minimum atomic E-state index is -0.0517. The van der Waals surface area contributed by atoms with Crippen LogP contribution in [0.5, 0.6) is 0 Å².